The summed E-state index contributed by atoms with van der Waals surface area (Å²) in [6.07, 6.45) is 0. The predicted molar refractivity (Wildman–Crippen MR) is 58.1 cm³/mol. The lowest BCUT2D eigenvalue weighted by Crippen LogP contribution is -2.13. The number of amides is 1. The fourth-order valence-electron chi connectivity index (χ4n) is 0.961. The van der Waals surface area contributed by atoms with Gasteiger partial charge in [-0.2, -0.15) is 0 Å². The highest BCUT2D eigenvalue weighted by atomic mass is 16.1. The minimum atomic E-state index is -0.134. The number of rotatable bonds is 2. The summed E-state index contributed by atoms with van der Waals surface area (Å²) in [6, 6.07) is 7.66. The van der Waals surface area contributed by atoms with Crippen molar-refractivity contribution in [1.29, 1.82) is 0 Å². The van der Waals surface area contributed by atoms with Crippen LogP contribution in [-0.2, 0) is 4.79 Å². The molecular weight excluding hydrogens is 161 g/mol. The Hall–Kier alpha value is -1.51. The Morgan fingerprint density at radius 3 is 2.77 bits per heavy atom. The molecule has 0 aliphatic carbocycles. The Balaban J connectivity index is 2.75. The quantitative estimate of drug-likeness (QED) is 0.510. The largest absolute Gasteiger partial charge is 0.322 e. The number of carbonyl (C=O) groups is 1. The van der Waals surface area contributed by atoms with Crippen LogP contribution in [0.15, 0.2) is 36.4 Å². The van der Waals surface area contributed by atoms with Crippen LogP contribution in [0.1, 0.15) is 6.92 Å². The molecule has 1 rings (SSSR count). The van der Waals surface area contributed by atoms with Crippen molar-refractivity contribution in [2.24, 2.45) is 0 Å². The molecule has 0 unspecified atom stereocenters. The Morgan fingerprint density at radius 1 is 1.54 bits per heavy atom. The fraction of sp³-hybridized carbons (Fsp3) is 0.100. The maximum atomic E-state index is 11.2. The van der Waals surface area contributed by atoms with Crippen LogP contribution >= 0.6 is 0 Å². The lowest BCUT2D eigenvalue weighted by Gasteiger charge is -2.04. The molecule has 2 nitrogen and oxygen atoms in total. The van der Waals surface area contributed by atoms with Gasteiger partial charge in [0, 0.05) is 11.3 Å². The third-order valence-electron chi connectivity index (χ3n) is 1.66. The zero-order valence-corrected chi connectivity index (χ0v) is 7.92. The van der Waals surface area contributed by atoms with Gasteiger partial charge in [0.15, 0.2) is 0 Å². The summed E-state index contributed by atoms with van der Waals surface area (Å²) in [7, 11) is 1.98. The number of hydrogen-bond acceptors (Lipinski definition) is 1. The van der Waals surface area contributed by atoms with E-state index in [0.29, 0.717) is 5.57 Å². The second-order valence-corrected chi connectivity index (χ2v) is 3.10. The van der Waals surface area contributed by atoms with E-state index in [-0.39, 0.29) is 5.91 Å². The van der Waals surface area contributed by atoms with Gasteiger partial charge in [0.05, 0.1) is 0 Å². The van der Waals surface area contributed by atoms with Crippen LogP contribution < -0.4 is 10.8 Å². The van der Waals surface area contributed by atoms with E-state index in [1.54, 1.807) is 6.92 Å². The van der Waals surface area contributed by atoms with Crippen molar-refractivity contribution < 1.29 is 4.79 Å². The van der Waals surface area contributed by atoms with Crippen LogP contribution in [0.3, 0.4) is 0 Å². The van der Waals surface area contributed by atoms with Crippen molar-refractivity contribution in [3.05, 3.63) is 36.4 Å². The van der Waals surface area contributed by atoms with E-state index in [2.05, 4.69) is 11.9 Å². The van der Waals surface area contributed by atoms with Crippen LogP contribution in [-0.4, -0.2) is 13.8 Å². The normalized spacial score (nSPS) is 9.31. The summed E-state index contributed by atoms with van der Waals surface area (Å²) >= 11 is 0. The highest BCUT2D eigenvalue weighted by Gasteiger charge is 2.01. The van der Waals surface area contributed by atoms with Crippen LogP contribution in [0.2, 0.25) is 0 Å². The fourth-order valence-corrected chi connectivity index (χ4v) is 0.961. The first-order valence-corrected chi connectivity index (χ1v) is 4.13. The molecule has 0 bridgehead atoms. The molecule has 0 saturated carbocycles. The van der Waals surface area contributed by atoms with Crippen molar-refractivity contribution in [3.8, 4) is 0 Å². The third-order valence-corrected chi connectivity index (χ3v) is 1.66. The molecule has 0 saturated heterocycles. The van der Waals surface area contributed by atoms with Gasteiger partial charge in [-0.15, -0.1) is 0 Å². The molecule has 0 fully saturated rings. The Morgan fingerprint density at radius 2 is 2.23 bits per heavy atom. The monoisotopic (exact) mass is 173 g/mol. The molecule has 0 aromatic heterocycles. The van der Waals surface area contributed by atoms with E-state index in [0.717, 1.165) is 11.2 Å². The van der Waals surface area contributed by atoms with Crippen LogP contribution in [0, 0.1) is 0 Å². The molecule has 1 aromatic rings. The van der Waals surface area contributed by atoms with E-state index in [4.69, 9.17) is 0 Å². The summed E-state index contributed by atoms with van der Waals surface area (Å²) in [4.78, 5) is 11.2. The van der Waals surface area contributed by atoms with Gasteiger partial charge in [0.1, 0.15) is 7.85 Å². The van der Waals surface area contributed by atoms with Crippen molar-refractivity contribution >= 4 is 24.9 Å². The first-order valence-electron chi connectivity index (χ1n) is 4.13. The molecule has 1 aromatic carbocycles. The number of nitrogens with one attached hydrogen (secondary N) is 1. The molecule has 1 N–H and O–H groups in total. The standard InChI is InChI=1S/C10H12BNO/c1-7(2)10(13)12-9-5-3-4-8(11)6-9/h3-6H,1,11H2,2H3,(H,12,13). The summed E-state index contributed by atoms with van der Waals surface area (Å²) < 4.78 is 0. The minimum Gasteiger partial charge on any atom is -0.322 e. The van der Waals surface area contributed by atoms with E-state index in [1.165, 1.54) is 0 Å². The van der Waals surface area contributed by atoms with Gasteiger partial charge in [0.25, 0.3) is 5.91 Å². The van der Waals surface area contributed by atoms with Crippen molar-refractivity contribution in [3.63, 3.8) is 0 Å². The van der Waals surface area contributed by atoms with Crippen molar-refractivity contribution in [2.45, 2.75) is 6.92 Å². The smallest absolute Gasteiger partial charge is 0.250 e. The average molecular weight is 173 g/mol. The molecule has 3 heteroatoms. The van der Waals surface area contributed by atoms with Crippen LogP contribution in [0.25, 0.3) is 0 Å². The molecule has 0 atom stereocenters. The Kier molecular flexibility index (Phi) is 2.90. The zero-order valence-electron chi connectivity index (χ0n) is 7.92. The number of carbonyl (C=O) groups excluding carboxylic acids is 1. The molecule has 1 amide bonds. The maximum Gasteiger partial charge on any atom is 0.250 e. The van der Waals surface area contributed by atoms with Gasteiger partial charge >= 0.3 is 0 Å². The Labute approximate surface area is 79.1 Å². The number of anilines is 1. The molecular formula is C10H12BNO. The topological polar surface area (TPSA) is 29.1 Å². The first-order chi connectivity index (χ1) is 6.09. The molecule has 0 heterocycles. The maximum absolute atomic E-state index is 11.2. The summed E-state index contributed by atoms with van der Waals surface area (Å²) in [5, 5.41) is 2.74. The van der Waals surface area contributed by atoms with Gasteiger partial charge in [-0.1, -0.05) is 24.2 Å². The number of benzene rings is 1. The van der Waals surface area contributed by atoms with E-state index in [1.807, 2.05) is 32.1 Å². The summed E-state index contributed by atoms with van der Waals surface area (Å²) in [5.41, 5.74) is 2.45. The average Bonchev–Trinajstić information content (AvgIpc) is 2.04. The van der Waals surface area contributed by atoms with Gasteiger partial charge in [-0.05, 0) is 19.1 Å². The molecule has 0 radical (unpaired) electrons. The molecule has 66 valence electrons. The lowest BCUT2D eigenvalue weighted by molar-refractivity contribution is -0.112. The highest BCUT2D eigenvalue weighted by Crippen LogP contribution is 2.04. The van der Waals surface area contributed by atoms with Gasteiger partial charge < -0.3 is 5.32 Å². The molecule has 0 spiro atoms. The summed E-state index contributed by atoms with van der Waals surface area (Å²) in [5.74, 6) is -0.134. The summed E-state index contributed by atoms with van der Waals surface area (Å²) in [6.45, 7) is 5.25. The minimum absolute atomic E-state index is 0.134. The van der Waals surface area contributed by atoms with Crippen molar-refractivity contribution in [2.75, 3.05) is 5.32 Å². The van der Waals surface area contributed by atoms with E-state index >= 15 is 0 Å². The SMILES string of the molecule is Bc1cccc(NC(=O)C(=C)C)c1. The lowest BCUT2D eigenvalue weighted by atomic mass is 9.96. The highest BCUT2D eigenvalue weighted by molar-refractivity contribution is 6.32. The number of hydrogen-bond donors (Lipinski definition) is 1. The first kappa shape index (κ1) is 9.58. The Bertz CT molecular complexity index is 347. The molecule has 13 heavy (non-hydrogen) atoms. The second-order valence-electron chi connectivity index (χ2n) is 3.10. The third kappa shape index (κ3) is 2.78. The zero-order chi connectivity index (χ0) is 9.84. The van der Waals surface area contributed by atoms with Crippen LogP contribution in [0.4, 0.5) is 5.69 Å². The van der Waals surface area contributed by atoms with Gasteiger partial charge in [-0.3, -0.25) is 4.79 Å². The second kappa shape index (κ2) is 3.94. The van der Waals surface area contributed by atoms with Gasteiger partial charge in [0.2, 0.25) is 0 Å². The predicted octanol–water partition coefficient (Wildman–Crippen LogP) is 0.460. The molecule has 0 aliphatic rings. The molecule has 0 aliphatic heterocycles. The van der Waals surface area contributed by atoms with E-state index in [9.17, 15) is 4.79 Å². The van der Waals surface area contributed by atoms with E-state index < -0.39 is 0 Å². The van der Waals surface area contributed by atoms with Crippen molar-refractivity contribution in [1.82, 2.24) is 0 Å². The van der Waals surface area contributed by atoms with Gasteiger partial charge in [-0.25, -0.2) is 0 Å². The van der Waals surface area contributed by atoms with Crippen LogP contribution in [0.5, 0.6) is 0 Å².